The van der Waals surface area contributed by atoms with E-state index in [2.05, 4.69) is 18.9 Å². The molecule has 0 aromatic heterocycles. The third-order valence-electron chi connectivity index (χ3n) is 4.72. The number of nitrogens with zero attached hydrogens (tertiary/aromatic N) is 1. The molecule has 0 rings (SSSR count). The summed E-state index contributed by atoms with van der Waals surface area (Å²) in [6.07, 6.45) is 8.88. The fourth-order valence-corrected chi connectivity index (χ4v) is 5.51. The molecule has 0 heterocycles. The molecule has 0 fully saturated rings. The van der Waals surface area contributed by atoms with Gasteiger partial charge < -0.3 is 18.9 Å². The predicted molar refractivity (Wildman–Crippen MR) is 136 cm³/mol. The highest BCUT2D eigenvalue weighted by Crippen LogP contribution is 2.20. The van der Waals surface area contributed by atoms with Crippen molar-refractivity contribution in [3.8, 4) is 0 Å². The van der Waals surface area contributed by atoms with Gasteiger partial charge in [0.1, 0.15) is 0 Å². The van der Waals surface area contributed by atoms with Crippen molar-refractivity contribution < 1.29 is 23.8 Å². The number of hydrogen-bond acceptors (Lipinski definition) is 6. The summed E-state index contributed by atoms with van der Waals surface area (Å²) in [6.45, 7) is 17.2. The summed E-state index contributed by atoms with van der Waals surface area (Å²) in [5.74, 6) is 0. The highest BCUT2D eigenvalue weighted by molar-refractivity contribution is 7.38. The normalized spacial score (nSPS) is 13.8. The van der Waals surface area contributed by atoms with Crippen LogP contribution >= 0.6 is 17.2 Å². The molecule has 0 saturated heterocycles. The van der Waals surface area contributed by atoms with Gasteiger partial charge in [0.15, 0.2) is 12.6 Å². The van der Waals surface area contributed by atoms with Crippen LogP contribution in [0.1, 0.15) is 67.2 Å². The number of hydroxylamine groups is 2. The molecule has 0 aliphatic carbocycles. The van der Waals surface area contributed by atoms with Gasteiger partial charge >= 0.3 is 0 Å². The molecule has 31 heavy (non-hydrogen) atoms. The van der Waals surface area contributed by atoms with E-state index in [4.69, 9.17) is 23.8 Å². The lowest BCUT2D eigenvalue weighted by molar-refractivity contribution is -0.179. The Morgan fingerprint density at radius 2 is 1.10 bits per heavy atom. The van der Waals surface area contributed by atoms with E-state index < -0.39 is 0 Å². The zero-order chi connectivity index (χ0) is 23.2. The molecule has 0 radical (unpaired) electrons. The van der Waals surface area contributed by atoms with Crippen LogP contribution in [0.3, 0.4) is 0 Å². The van der Waals surface area contributed by atoms with E-state index in [-0.39, 0.29) is 12.6 Å². The quantitative estimate of drug-likeness (QED) is 0.0799. The summed E-state index contributed by atoms with van der Waals surface area (Å²) in [6, 6.07) is 0.457. The fraction of sp³-hybridized carbons (Fsp3) is 1.00. The maximum absolute atomic E-state index is 6.07. The van der Waals surface area contributed by atoms with Crippen LogP contribution in [0.15, 0.2) is 0 Å². The molecule has 6 nitrogen and oxygen atoms in total. The van der Waals surface area contributed by atoms with Crippen molar-refractivity contribution in [1.29, 1.82) is 0 Å². The van der Waals surface area contributed by atoms with Crippen LogP contribution in [0.2, 0.25) is 0 Å². The average Bonchev–Trinajstić information content (AvgIpc) is 2.75. The highest BCUT2D eigenvalue weighted by Gasteiger charge is 2.15. The molecule has 0 N–H and O–H groups in total. The minimum absolute atomic E-state index is 0.0321. The molecule has 0 aromatic rings. The summed E-state index contributed by atoms with van der Waals surface area (Å²) in [5, 5.41) is 2.23. The molecular formula is C23H51NO5P2. The molecule has 3 unspecified atom stereocenters. The van der Waals surface area contributed by atoms with Crippen molar-refractivity contribution in [1.82, 2.24) is 5.06 Å². The topological polar surface area (TPSA) is 49.4 Å². The second kappa shape index (κ2) is 23.8. The standard InChI is InChI=1S/C23H51NO5P2/c1-7-16-29-24(15-20-31-19-14-23(27-10-4)28-11-5)21(6)12-17-30-18-13-22(25-8-2)26-9-3/h21-23,30-31H,7-20H2,1-6H3. The van der Waals surface area contributed by atoms with Crippen molar-refractivity contribution in [3.05, 3.63) is 0 Å². The monoisotopic (exact) mass is 483 g/mol. The average molecular weight is 484 g/mol. The Balaban J connectivity index is 4.11. The van der Waals surface area contributed by atoms with E-state index in [0.717, 1.165) is 55.7 Å². The molecule has 0 aliphatic rings. The van der Waals surface area contributed by atoms with Gasteiger partial charge in [0.2, 0.25) is 0 Å². The molecule has 0 aromatic carbocycles. The number of rotatable bonds is 24. The molecular weight excluding hydrogens is 432 g/mol. The van der Waals surface area contributed by atoms with E-state index >= 15 is 0 Å². The predicted octanol–water partition coefficient (Wildman–Crippen LogP) is 5.34. The summed E-state index contributed by atoms with van der Waals surface area (Å²) >= 11 is 0. The van der Waals surface area contributed by atoms with Crippen LogP contribution in [0.5, 0.6) is 0 Å². The third kappa shape index (κ3) is 18.7. The molecule has 0 spiro atoms. The number of ether oxygens (including phenoxy) is 4. The molecule has 3 atom stereocenters. The van der Waals surface area contributed by atoms with Gasteiger partial charge in [0.25, 0.3) is 0 Å². The lowest BCUT2D eigenvalue weighted by Gasteiger charge is -2.28. The first-order valence-electron chi connectivity index (χ1n) is 12.4. The van der Waals surface area contributed by atoms with Gasteiger partial charge in [-0.25, -0.2) is 0 Å². The van der Waals surface area contributed by atoms with Crippen LogP contribution in [0.25, 0.3) is 0 Å². The third-order valence-corrected chi connectivity index (χ3v) is 7.23. The van der Waals surface area contributed by atoms with E-state index in [1.54, 1.807) is 0 Å². The Bertz CT molecular complexity index is 357. The van der Waals surface area contributed by atoms with Crippen molar-refractivity contribution >= 4 is 17.2 Å². The van der Waals surface area contributed by atoms with Crippen LogP contribution < -0.4 is 0 Å². The van der Waals surface area contributed by atoms with Crippen molar-refractivity contribution in [2.45, 2.75) is 85.8 Å². The molecule has 0 aliphatic heterocycles. The summed E-state index contributed by atoms with van der Waals surface area (Å²) in [7, 11) is 1.87. The van der Waals surface area contributed by atoms with E-state index in [1.807, 2.05) is 27.7 Å². The first-order valence-corrected chi connectivity index (χ1v) is 15.2. The Labute approximate surface area is 196 Å². The maximum atomic E-state index is 6.07. The van der Waals surface area contributed by atoms with Gasteiger partial charge in [-0.05, 0) is 72.1 Å². The van der Waals surface area contributed by atoms with Crippen LogP contribution in [-0.4, -0.2) is 87.9 Å². The lowest BCUT2D eigenvalue weighted by atomic mass is 10.2. The molecule has 0 bridgehead atoms. The Kier molecular flexibility index (Phi) is 24.2. The van der Waals surface area contributed by atoms with E-state index in [1.165, 1.54) is 24.9 Å². The summed E-state index contributed by atoms with van der Waals surface area (Å²) in [4.78, 5) is 6.07. The van der Waals surface area contributed by atoms with Gasteiger partial charge in [-0.15, -0.1) is 17.2 Å². The Morgan fingerprint density at radius 3 is 1.55 bits per heavy atom. The Hall–Kier alpha value is 0.620. The summed E-state index contributed by atoms with van der Waals surface area (Å²) < 4.78 is 22.6. The van der Waals surface area contributed by atoms with Gasteiger partial charge in [-0.2, -0.15) is 5.06 Å². The molecule has 0 saturated carbocycles. The molecule has 188 valence electrons. The van der Waals surface area contributed by atoms with Gasteiger partial charge in [-0.1, -0.05) is 6.92 Å². The second-order valence-corrected chi connectivity index (χ2v) is 10.4. The SMILES string of the molecule is CCCON(CCPCCC(OCC)OCC)C(C)CCPCCC(OCC)OCC. The fourth-order valence-electron chi connectivity index (χ4n) is 3.13. The molecule has 8 heteroatoms. The van der Waals surface area contributed by atoms with Crippen molar-refractivity contribution in [3.63, 3.8) is 0 Å². The van der Waals surface area contributed by atoms with Crippen molar-refractivity contribution in [2.24, 2.45) is 0 Å². The maximum Gasteiger partial charge on any atom is 0.157 e. The first kappa shape index (κ1) is 31.6. The van der Waals surface area contributed by atoms with Crippen LogP contribution in [-0.2, 0) is 23.8 Å². The van der Waals surface area contributed by atoms with E-state index in [0.29, 0.717) is 32.5 Å². The zero-order valence-electron chi connectivity index (χ0n) is 21.1. The minimum atomic E-state index is -0.0418. The van der Waals surface area contributed by atoms with E-state index in [9.17, 15) is 0 Å². The minimum Gasteiger partial charge on any atom is -0.353 e. The molecule has 0 amide bonds. The first-order chi connectivity index (χ1) is 15.1. The van der Waals surface area contributed by atoms with Crippen molar-refractivity contribution in [2.75, 3.05) is 64.2 Å². The number of hydrogen-bond donors (Lipinski definition) is 0. The highest BCUT2D eigenvalue weighted by atomic mass is 31.1. The summed E-state index contributed by atoms with van der Waals surface area (Å²) in [5.41, 5.74) is 0. The largest absolute Gasteiger partial charge is 0.353 e. The van der Waals surface area contributed by atoms with Gasteiger partial charge in [-0.3, -0.25) is 4.84 Å². The lowest BCUT2D eigenvalue weighted by Crippen LogP contribution is -2.35. The van der Waals surface area contributed by atoms with Gasteiger partial charge in [0.05, 0.1) is 6.61 Å². The smallest absolute Gasteiger partial charge is 0.157 e. The van der Waals surface area contributed by atoms with Crippen LogP contribution in [0, 0.1) is 0 Å². The Morgan fingerprint density at radius 1 is 0.645 bits per heavy atom. The van der Waals surface area contributed by atoms with Gasteiger partial charge in [0, 0.05) is 51.9 Å². The second-order valence-electron chi connectivity index (χ2n) is 7.37. The zero-order valence-corrected chi connectivity index (χ0v) is 23.1. The van der Waals surface area contributed by atoms with Crippen LogP contribution in [0.4, 0.5) is 0 Å².